The molecule has 0 heterocycles. The summed E-state index contributed by atoms with van der Waals surface area (Å²) in [5, 5.41) is 0. The fourth-order valence-electron chi connectivity index (χ4n) is 9.37. The van der Waals surface area contributed by atoms with Gasteiger partial charge in [-0.1, -0.05) is 303 Å². The summed E-state index contributed by atoms with van der Waals surface area (Å²) < 4.78 is 16.9. The van der Waals surface area contributed by atoms with Crippen LogP contribution >= 0.6 is 0 Å². The molecule has 0 aliphatic carbocycles. The highest BCUT2D eigenvalue weighted by molar-refractivity contribution is 5.71. The van der Waals surface area contributed by atoms with Crippen LogP contribution in [0.1, 0.15) is 316 Å². The van der Waals surface area contributed by atoms with Crippen molar-refractivity contribution in [3.05, 3.63) is 122 Å². The summed E-state index contributed by atoms with van der Waals surface area (Å²) in [6, 6.07) is 0. The molecule has 6 nitrogen and oxygen atoms in total. The van der Waals surface area contributed by atoms with E-state index in [0.717, 1.165) is 128 Å². The van der Waals surface area contributed by atoms with Gasteiger partial charge in [-0.05, 0) is 116 Å². The average Bonchev–Trinajstić information content (AvgIpc) is 3.47. The van der Waals surface area contributed by atoms with E-state index >= 15 is 0 Å². The largest absolute Gasteiger partial charge is 0.462 e. The predicted molar refractivity (Wildman–Crippen MR) is 353 cm³/mol. The minimum atomic E-state index is -0.797. The predicted octanol–water partition coefficient (Wildman–Crippen LogP) is 23.6. The van der Waals surface area contributed by atoms with Gasteiger partial charge in [-0.3, -0.25) is 14.4 Å². The highest BCUT2D eigenvalue weighted by Gasteiger charge is 2.19. The lowest BCUT2D eigenvalue weighted by molar-refractivity contribution is -0.167. The smallest absolute Gasteiger partial charge is 0.306 e. The Morgan fingerprint density at radius 3 is 0.802 bits per heavy atom. The molecule has 0 aliphatic heterocycles. The lowest BCUT2D eigenvalue weighted by atomic mass is 10.0. The Morgan fingerprint density at radius 2 is 0.481 bits per heavy atom. The lowest BCUT2D eigenvalue weighted by Gasteiger charge is -2.18. The maximum atomic E-state index is 12.9. The molecule has 0 aromatic rings. The van der Waals surface area contributed by atoms with E-state index in [0.29, 0.717) is 19.3 Å². The first-order chi connectivity index (χ1) is 40.0. The van der Waals surface area contributed by atoms with Crippen molar-refractivity contribution < 1.29 is 28.6 Å². The molecular weight excluding hydrogens is 997 g/mol. The van der Waals surface area contributed by atoms with E-state index < -0.39 is 6.10 Å². The second-order valence-corrected chi connectivity index (χ2v) is 22.4. The second kappa shape index (κ2) is 68.3. The van der Waals surface area contributed by atoms with Gasteiger partial charge in [-0.2, -0.15) is 0 Å². The third kappa shape index (κ3) is 66.5. The quantitative estimate of drug-likeness (QED) is 0.0261. The molecular formula is C75H126O6. The summed E-state index contributed by atoms with van der Waals surface area (Å²) in [7, 11) is 0. The molecule has 1 unspecified atom stereocenters. The fourth-order valence-corrected chi connectivity index (χ4v) is 9.37. The minimum absolute atomic E-state index is 0.0923. The highest BCUT2D eigenvalue weighted by atomic mass is 16.6. The van der Waals surface area contributed by atoms with Crippen molar-refractivity contribution in [1.29, 1.82) is 0 Å². The molecule has 0 radical (unpaired) electrons. The monoisotopic (exact) mass is 1120 g/mol. The molecule has 0 amide bonds. The van der Waals surface area contributed by atoms with Crippen LogP contribution < -0.4 is 0 Å². The van der Waals surface area contributed by atoms with Crippen LogP contribution in [0.25, 0.3) is 0 Å². The van der Waals surface area contributed by atoms with Gasteiger partial charge in [0, 0.05) is 19.3 Å². The molecule has 0 aliphatic rings. The number of carbonyl (C=O) groups excluding carboxylic acids is 3. The van der Waals surface area contributed by atoms with Crippen LogP contribution in [0.15, 0.2) is 122 Å². The molecule has 0 aromatic carbocycles. The van der Waals surface area contributed by atoms with E-state index in [4.69, 9.17) is 14.2 Å². The van der Waals surface area contributed by atoms with E-state index in [9.17, 15) is 14.4 Å². The van der Waals surface area contributed by atoms with Crippen molar-refractivity contribution in [1.82, 2.24) is 0 Å². The van der Waals surface area contributed by atoms with Gasteiger partial charge in [0.05, 0.1) is 0 Å². The third-order valence-electron chi connectivity index (χ3n) is 14.5. The van der Waals surface area contributed by atoms with Crippen LogP contribution in [-0.4, -0.2) is 37.2 Å². The molecule has 1 atom stereocenters. The van der Waals surface area contributed by atoms with Crippen LogP contribution in [0.2, 0.25) is 0 Å². The van der Waals surface area contributed by atoms with Gasteiger partial charge in [-0.15, -0.1) is 0 Å². The number of rotatable bonds is 61. The van der Waals surface area contributed by atoms with Gasteiger partial charge < -0.3 is 14.2 Å². The van der Waals surface area contributed by atoms with E-state index in [2.05, 4.69) is 142 Å². The number of unbranched alkanes of at least 4 members (excludes halogenated alkanes) is 30. The van der Waals surface area contributed by atoms with Crippen LogP contribution in [0, 0.1) is 0 Å². The SMILES string of the molecule is CC/C=C\C/C=C\C/C=C\C/C=C\C/C=C\C/C=C\C/C=C\C/C=C\C/C=C\CCCCCC(=O)OCC(COC(=O)CCCCCCC/C=C\CCCCC)OC(=O)CCCCCCCCCCCCCCCCCCCCCC. The minimum Gasteiger partial charge on any atom is -0.462 e. The summed E-state index contributed by atoms with van der Waals surface area (Å²) in [6.07, 6.45) is 95.0. The molecule has 81 heavy (non-hydrogen) atoms. The molecule has 0 N–H and O–H groups in total. The summed E-state index contributed by atoms with van der Waals surface area (Å²) >= 11 is 0. The van der Waals surface area contributed by atoms with Crippen LogP contribution in [0.3, 0.4) is 0 Å². The van der Waals surface area contributed by atoms with E-state index in [1.807, 2.05) is 0 Å². The zero-order valence-corrected chi connectivity index (χ0v) is 53.0. The fraction of sp³-hybridized carbons (Fsp3) is 0.693. The highest BCUT2D eigenvalue weighted by Crippen LogP contribution is 2.17. The van der Waals surface area contributed by atoms with Gasteiger partial charge in [0.15, 0.2) is 6.10 Å². The zero-order chi connectivity index (χ0) is 58.5. The van der Waals surface area contributed by atoms with E-state index in [1.54, 1.807) is 0 Å². The maximum absolute atomic E-state index is 12.9. The Balaban J connectivity index is 4.35. The molecule has 462 valence electrons. The van der Waals surface area contributed by atoms with Gasteiger partial charge in [-0.25, -0.2) is 0 Å². The third-order valence-corrected chi connectivity index (χ3v) is 14.5. The first-order valence-electron chi connectivity index (χ1n) is 34.0. The molecule has 0 saturated carbocycles. The summed E-state index contributed by atoms with van der Waals surface area (Å²) in [4.78, 5) is 38.3. The van der Waals surface area contributed by atoms with Crippen molar-refractivity contribution in [3.8, 4) is 0 Å². The molecule has 0 aromatic heterocycles. The normalized spacial score (nSPS) is 12.9. The molecule has 6 heteroatoms. The van der Waals surface area contributed by atoms with Gasteiger partial charge in [0.1, 0.15) is 13.2 Å². The van der Waals surface area contributed by atoms with E-state index in [-0.39, 0.29) is 31.1 Å². The van der Waals surface area contributed by atoms with Gasteiger partial charge in [0.2, 0.25) is 0 Å². The molecule has 0 saturated heterocycles. The van der Waals surface area contributed by atoms with Crippen molar-refractivity contribution >= 4 is 17.9 Å². The Hall–Kier alpha value is -4.19. The van der Waals surface area contributed by atoms with Crippen molar-refractivity contribution in [2.45, 2.75) is 322 Å². The summed E-state index contributed by atoms with van der Waals surface area (Å²) in [5.41, 5.74) is 0. The van der Waals surface area contributed by atoms with Crippen molar-refractivity contribution in [3.63, 3.8) is 0 Å². The van der Waals surface area contributed by atoms with Crippen LogP contribution in [-0.2, 0) is 28.6 Å². The zero-order valence-electron chi connectivity index (χ0n) is 53.0. The summed E-state index contributed by atoms with van der Waals surface area (Å²) in [5.74, 6) is -0.925. The first-order valence-corrected chi connectivity index (χ1v) is 34.0. The molecule has 0 spiro atoms. The van der Waals surface area contributed by atoms with Crippen LogP contribution in [0.5, 0.6) is 0 Å². The van der Waals surface area contributed by atoms with E-state index in [1.165, 1.54) is 148 Å². The lowest BCUT2D eigenvalue weighted by Crippen LogP contribution is -2.30. The topological polar surface area (TPSA) is 78.9 Å². The number of hydrogen-bond acceptors (Lipinski definition) is 6. The van der Waals surface area contributed by atoms with Crippen LogP contribution in [0.4, 0.5) is 0 Å². The average molecular weight is 1120 g/mol. The van der Waals surface area contributed by atoms with Gasteiger partial charge >= 0.3 is 17.9 Å². The standard InChI is InChI=1S/C75H126O6/c1-4-7-10-13-16-19-22-25-27-29-31-33-34-35-36-37-38-39-40-41-42-43-45-46-48-50-53-56-59-62-65-68-74(77)80-71-72(70-79-73(76)67-64-61-58-55-52-24-21-18-15-12-9-6-3)81-75(78)69-66-63-60-57-54-51-49-47-44-32-30-28-26-23-20-17-14-11-8-5-2/h7,10,16,18-19,21,25,27,31,33,35-36,38-39,41-42,45-46,50,53,72H,4-6,8-9,11-15,17,20,22-24,26,28-30,32,34,37,40,43-44,47-49,51-52,54-71H2,1-3H3/b10-7-,19-16-,21-18-,27-25-,33-31-,36-35-,39-38-,42-41-,46-45-,53-50-. The summed E-state index contributed by atoms with van der Waals surface area (Å²) in [6.45, 7) is 6.50. The maximum Gasteiger partial charge on any atom is 0.306 e. The number of esters is 3. The molecule has 0 fully saturated rings. The molecule has 0 rings (SSSR count). The Bertz CT molecular complexity index is 1670. The number of ether oxygens (including phenoxy) is 3. The molecule has 0 bridgehead atoms. The van der Waals surface area contributed by atoms with Crippen molar-refractivity contribution in [2.75, 3.05) is 13.2 Å². The number of allylic oxidation sites excluding steroid dienone is 20. The Morgan fingerprint density at radius 1 is 0.259 bits per heavy atom. The Kier molecular flexibility index (Phi) is 64.8. The van der Waals surface area contributed by atoms with Crippen molar-refractivity contribution in [2.24, 2.45) is 0 Å². The van der Waals surface area contributed by atoms with Gasteiger partial charge in [0.25, 0.3) is 0 Å². The number of hydrogen-bond donors (Lipinski definition) is 0. The number of carbonyl (C=O) groups is 3. The Labute approximate surface area is 501 Å². The second-order valence-electron chi connectivity index (χ2n) is 22.4. The first kappa shape index (κ1) is 76.8.